The lowest BCUT2D eigenvalue weighted by molar-refractivity contribution is 0.227. The summed E-state index contributed by atoms with van der Waals surface area (Å²) in [5.74, 6) is 1.42. The second-order valence-electron chi connectivity index (χ2n) is 8.43. The molecule has 3 aromatic rings. The zero-order chi connectivity index (χ0) is 21.3. The van der Waals surface area contributed by atoms with Crippen LogP contribution in [0.5, 0.6) is 0 Å². The van der Waals surface area contributed by atoms with Crippen LogP contribution in [0.4, 0.5) is 0 Å². The quantitative estimate of drug-likeness (QED) is 0.601. The summed E-state index contributed by atoms with van der Waals surface area (Å²) in [6.07, 6.45) is 9.67. The molecular formula is C23H24N6OS. The van der Waals surface area contributed by atoms with Crippen molar-refractivity contribution in [3.63, 3.8) is 0 Å². The van der Waals surface area contributed by atoms with Crippen LogP contribution in [-0.2, 0) is 16.6 Å². The van der Waals surface area contributed by atoms with Crippen molar-refractivity contribution >= 4 is 28.4 Å². The molecular weight excluding hydrogens is 408 g/mol. The molecule has 2 aliphatic rings. The van der Waals surface area contributed by atoms with Crippen LogP contribution < -0.4 is 5.43 Å². The molecule has 31 heavy (non-hydrogen) atoms. The van der Waals surface area contributed by atoms with E-state index in [1.807, 2.05) is 36.7 Å². The summed E-state index contributed by atoms with van der Waals surface area (Å²) in [5.41, 5.74) is 5.31. The summed E-state index contributed by atoms with van der Waals surface area (Å²) in [6, 6.07) is 11.4. The smallest absolute Gasteiger partial charge is 0.170 e. The van der Waals surface area contributed by atoms with E-state index in [-0.39, 0.29) is 5.41 Å². The Balaban J connectivity index is 1.32. The highest BCUT2D eigenvalue weighted by molar-refractivity contribution is 7.91. The van der Waals surface area contributed by atoms with Crippen molar-refractivity contribution in [2.75, 3.05) is 12.3 Å². The molecule has 2 atom stereocenters. The maximum Gasteiger partial charge on any atom is 0.170 e. The number of H-pyrrole nitrogens is 1. The fraction of sp³-hybridized carbons (Fsp3) is 0.391. The highest BCUT2D eigenvalue weighted by Gasteiger charge is 2.45. The molecule has 2 unspecified atom stereocenters. The molecule has 8 heteroatoms. The van der Waals surface area contributed by atoms with E-state index in [4.69, 9.17) is 4.98 Å². The van der Waals surface area contributed by atoms with Crippen LogP contribution in [0, 0.1) is 23.2 Å². The van der Waals surface area contributed by atoms with Crippen molar-refractivity contribution in [2.24, 2.45) is 16.9 Å². The summed E-state index contributed by atoms with van der Waals surface area (Å²) < 4.78 is 12.9. The highest BCUT2D eigenvalue weighted by Crippen LogP contribution is 2.44. The zero-order valence-electron chi connectivity index (χ0n) is 17.1. The fourth-order valence-electron chi connectivity index (χ4n) is 5.12. The van der Waals surface area contributed by atoms with Gasteiger partial charge in [-0.05, 0) is 61.0 Å². The van der Waals surface area contributed by atoms with Gasteiger partial charge in [0, 0.05) is 30.3 Å². The first-order chi connectivity index (χ1) is 15.2. The number of aromatic nitrogens is 3. The molecule has 1 aliphatic heterocycles. The Labute approximate surface area is 184 Å². The van der Waals surface area contributed by atoms with Gasteiger partial charge in [-0.2, -0.15) is 10.4 Å². The summed E-state index contributed by atoms with van der Waals surface area (Å²) in [6.45, 7) is 0.737. The fourth-order valence-corrected chi connectivity index (χ4v) is 6.65. The molecule has 2 N–H and O–H groups in total. The van der Waals surface area contributed by atoms with E-state index in [1.54, 1.807) is 12.4 Å². The summed E-state index contributed by atoms with van der Waals surface area (Å²) in [4.78, 5) is 12.9. The zero-order valence-corrected chi connectivity index (χ0v) is 17.9. The van der Waals surface area contributed by atoms with Gasteiger partial charge in [0.1, 0.15) is 29.4 Å². The average Bonchev–Trinajstić information content (AvgIpc) is 3.50. The van der Waals surface area contributed by atoms with Gasteiger partial charge in [-0.15, -0.1) is 0 Å². The monoisotopic (exact) mass is 432 g/mol. The highest BCUT2D eigenvalue weighted by atomic mass is 32.2. The number of benzene rings is 1. The van der Waals surface area contributed by atoms with E-state index in [0.717, 1.165) is 49.0 Å². The lowest BCUT2D eigenvalue weighted by Gasteiger charge is -2.39. The summed E-state index contributed by atoms with van der Waals surface area (Å²) in [7, 11) is 0. The minimum atomic E-state index is -1.15. The molecule has 1 aromatic carbocycles. The molecule has 0 radical (unpaired) electrons. The third kappa shape index (κ3) is 3.58. The Kier molecular flexibility index (Phi) is 5.38. The van der Waals surface area contributed by atoms with Crippen molar-refractivity contribution < 1.29 is 4.55 Å². The number of fused-ring (bicyclic) bond motifs is 1. The first-order valence-electron chi connectivity index (χ1n) is 10.6. The van der Waals surface area contributed by atoms with Crippen molar-refractivity contribution in [2.45, 2.75) is 36.0 Å². The van der Waals surface area contributed by atoms with Gasteiger partial charge in [0.25, 0.3) is 0 Å². The molecule has 5 rings (SSSR count). The molecule has 0 amide bonds. The molecule has 158 valence electrons. The summed E-state index contributed by atoms with van der Waals surface area (Å²) in [5, 5.41) is 14.7. The molecule has 7 nitrogen and oxygen atoms in total. The number of hydrogen-bond donors (Lipinski definition) is 2. The minimum absolute atomic E-state index is 0.249. The van der Waals surface area contributed by atoms with Crippen molar-refractivity contribution in [3.8, 4) is 6.07 Å². The van der Waals surface area contributed by atoms with Crippen molar-refractivity contribution in [1.82, 2.24) is 20.4 Å². The van der Waals surface area contributed by atoms with Crippen LogP contribution in [0.15, 0.2) is 52.9 Å². The van der Waals surface area contributed by atoms with E-state index < -0.39 is 11.2 Å². The SMILES string of the molecule is N#Cc1ccccc1[S+]([O-])C[C@H]1CC[C@@H](C2(c3ncnc4[nH]ccc34)C=NNC2)CC1. The largest absolute Gasteiger partial charge is 0.611 e. The molecule has 3 heterocycles. The first-order valence-corrected chi connectivity index (χ1v) is 12.0. The molecule has 1 fully saturated rings. The van der Waals surface area contributed by atoms with Crippen LogP contribution in [0.2, 0.25) is 0 Å². The van der Waals surface area contributed by atoms with Gasteiger partial charge in [0.15, 0.2) is 4.90 Å². The van der Waals surface area contributed by atoms with Gasteiger partial charge in [-0.1, -0.05) is 12.1 Å². The van der Waals surface area contributed by atoms with Crippen molar-refractivity contribution in [3.05, 3.63) is 54.1 Å². The summed E-state index contributed by atoms with van der Waals surface area (Å²) >= 11 is -1.15. The molecule has 1 aliphatic carbocycles. The normalized spacial score (nSPS) is 26.5. The maximum absolute atomic E-state index is 12.9. The third-order valence-corrected chi connectivity index (χ3v) is 8.39. The average molecular weight is 433 g/mol. The van der Waals surface area contributed by atoms with Gasteiger partial charge < -0.3 is 15.0 Å². The number of nitrogens with zero attached hydrogens (tertiary/aromatic N) is 4. The molecule has 0 spiro atoms. The Bertz CT molecular complexity index is 1150. The lowest BCUT2D eigenvalue weighted by atomic mass is 9.65. The Morgan fingerprint density at radius 3 is 2.77 bits per heavy atom. The second kappa shape index (κ2) is 8.33. The molecule has 1 saturated carbocycles. The molecule has 0 saturated heterocycles. The van der Waals surface area contributed by atoms with E-state index in [0.29, 0.717) is 28.0 Å². The standard InChI is InChI=1S/C23H24N6OS/c24-11-17-3-1-2-4-20(17)31(30)12-16-5-7-18(8-6-16)23(13-28-29-14-23)21-19-9-10-25-22(19)27-15-26-21/h1-4,9-10,13,15-16,18,29H,5-8,12,14H2,(H,25,26,27)/t16-,18+,23?,31?. The van der Waals surface area contributed by atoms with Gasteiger partial charge in [0.2, 0.25) is 0 Å². The predicted molar refractivity (Wildman–Crippen MR) is 120 cm³/mol. The Morgan fingerprint density at radius 1 is 1.16 bits per heavy atom. The van der Waals surface area contributed by atoms with E-state index in [9.17, 15) is 9.81 Å². The van der Waals surface area contributed by atoms with Crippen LogP contribution in [-0.4, -0.2) is 38.0 Å². The van der Waals surface area contributed by atoms with Gasteiger partial charge in [-0.25, -0.2) is 9.97 Å². The number of hydrazone groups is 1. The molecule has 0 bridgehead atoms. The second-order valence-corrected chi connectivity index (χ2v) is 9.90. The van der Waals surface area contributed by atoms with Crippen LogP contribution in [0.25, 0.3) is 11.0 Å². The Morgan fingerprint density at radius 2 is 2.00 bits per heavy atom. The van der Waals surface area contributed by atoms with Crippen LogP contribution >= 0.6 is 0 Å². The van der Waals surface area contributed by atoms with Crippen LogP contribution in [0.3, 0.4) is 0 Å². The predicted octanol–water partition coefficient (Wildman–Crippen LogP) is 3.27. The van der Waals surface area contributed by atoms with E-state index in [2.05, 4.69) is 26.6 Å². The number of nitrogens with one attached hydrogen (secondary N) is 2. The minimum Gasteiger partial charge on any atom is -0.611 e. The number of aromatic amines is 1. The van der Waals surface area contributed by atoms with Gasteiger partial charge in [0.05, 0.1) is 11.1 Å². The van der Waals surface area contributed by atoms with Gasteiger partial charge in [-0.3, -0.25) is 0 Å². The van der Waals surface area contributed by atoms with Crippen molar-refractivity contribution in [1.29, 1.82) is 5.26 Å². The number of nitriles is 1. The van der Waals surface area contributed by atoms with Crippen LogP contribution in [0.1, 0.15) is 36.9 Å². The topological polar surface area (TPSA) is 113 Å². The van der Waals surface area contributed by atoms with Gasteiger partial charge >= 0.3 is 0 Å². The number of rotatable bonds is 5. The first kappa shape index (κ1) is 20.0. The van der Waals surface area contributed by atoms with E-state index in [1.165, 1.54) is 0 Å². The van der Waals surface area contributed by atoms with E-state index >= 15 is 0 Å². The Hall–Kier alpha value is -2.89. The third-order valence-electron chi connectivity index (χ3n) is 6.77. The molecule has 2 aromatic heterocycles. The lowest BCUT2D eigenvalue weighted by Crippen LogP contribution is -2.43. The number of hydrogen-bond acceptors (Lipinski definition) is 6. The maximum atomic E-state index is 12.9.